The van der Waals surface area contributed by atoms with Gasteiger partial charge in [-0.3, -0.25) is 9.59 Å². The molecule has 0 unspecified atom stereocenters. The van der Waals surface area contributed by atoms with E-state index < -0.39 is 0 Å². The van der Waals surface area contributed by atoms with Gasteiger partial charge in [-0.05, 0) is 24.8 Å². The standard InChI is InChI=1S/C14H18N2O2/c17-13-10-15-14(18)12(16-13)9-5-4-8-11-6-2-1-3-7-11/h1-3,6-7,12H,4-5,8-10H2,(H,15,18)(H,16,17)/t12-/m0/s1. The van der Waals surface area contributed by atoms with Crippen molar-refractivity contribution in [1.29, 1.82) is 0 Å². The minimum atomic E-state index is -0.345. The fourth-order valence-corrected chi connectivity index (χ4v) is 2.13. The van der Waals surface area contributed by atoms with Crippen LogP contribution in [0.25, 0.3) is 0 Å². The first-order valence-corrected chi connectivity index (χ1v) is 6.37. The van der Waals surface area contributed by atoms with Gasteiger partial charge < -0.3 is 10.6 Å². The van der Waals surface area contributed by atoms with Crippen molar-refractivity contribution >= 4 is 11.8 Å². The lowest BCUT2D eigenvalue weighted by molar-refractivity contribution is -0.133. The highest BCUT2D eigenvalue weighted by Gasteiger charge is 2.24. The summed E-state index contributed by atoms with van der Waals surface area (Å²) >= 11 is 0. The lowest BCUT2D eigenvalue weighted by Crippen LogP contribution is -2.56. The summed E-state index contributed by atoms with van der Waals surface area (Å²) in [6.07, 6.45) is 3.70. The maximum Gasteiger partial charge on any atom is 0.243 e. The molecule has 1 fully saturated rings. The number of nitrogens with one attached hydrogen (secondary N) is 2. The summed E-state index contributed by atoms with van der Waals surface area (Å²) in [5.74, 6) is -0.156. The minimum absolute atomic E-state index is 0.0608. The van der Waals surface area contributed by atoms with E-state index in [-0.39, 0.29) is 24.4 Å². The molecule has 1 aliphatic rings. The number of hydrogen-bond acceptors (Lipinski definition) is 2. The second-order valence-corrected chi connectivity index (χ2v) is 4.57. The zero-order valence-corrected chi connectivity index (χ0v) is 10.3. The highest BCUT2D eigenvalue weighted by molar-refractivity contribution is 5.94. The molecule has 0 saturated carbocycles. The van der Waals surface area contributed by atoms with E-state index in [1.807, 2.05) is 18.2 Å². The van der Waals surface area contributed by atoms with E-state index in [1.54, 1.807) is 0 Å². The summed E-state index contributed by atoms with van der Waals surface area (Å²) in [5.41, 5.74) is 1.31. The van der Waals surface area contributed by atoms with Crippen molar-refractivity contribution in [3.05, 3.63) is 35.9 Å². The molecule has 1 saturated heterocycles. The van der Waals surface area contributed by atoms with Gasteiger partial charge in [0.25, 0.3) is 0 Å². The molecule has 1 atom stereocenters. The molecule has 4 heteroatoms. The smallest absolute Gasteiger partial charge is 0.243 e. The summed E-state index contributed by atoms with van der Waals surface area (Å²) in [4.78, 5) is 22.6. The Kier molecular flexibility index (Phi) is 4.34. The van der Waals surface area contributed by atoms with E-state index in [0.717, 1.165) is 19.3 Å². The molecule has 0 bridgehead atoms. The molecule has 1 aliphatic heterocycles. The van der Waals surface area contributed by atoms with Crippen molar-refractivity contribution in [3.63, 3.8) is 0 Å². The van der Waals surface area contributed by atoms with Crippen LogP contribution in [-0.2, 0) is 16.0 Å². The summed E-state index contributed by atoms with van der Waals surface area (Å²) in [6.45, 7) is 0.110. The summed E-state index contributed by atoms with van der Waals surface area (Å²) in [5, 5.41) is 5.30. The zero-order valence-electron chi connectivity index (χ0n) is 10.3. The lowest BCUT2D eigenvalue weighted by atomic mass is 10.0. The molecule has 0 aliphatic carbocycles. The van der Waals surface area contributed by atoms with Crippen LogP contribution in [0.4, 0.5) is 0 Å². The van der Waals surface area contributed by atoms with Crippen molar-refractivity contribution in [2.45, 2.75) is 31.7 Å². The van der Waals surface area contributed by atoms with Gasteiger partial charge in [0.05, 0.1) is 6.54 Å². The molecule has 0 radical (unpaired) electrons. The van der Waals surface area contributed by atoms with Gasteiger partial charge in [-0.15, -0.1) is 0 Å². The van der Waals surface area contributed by atoms with Gasteiger partial charge in [0.1, 0.15) is 6.04 Å². The Morgan fingerprint density at radius 1 is 1.11 bits per heavy atom. The van der Waals surface area contributed by atoms with E-state index in [2.05, 4.69) is 22.8 Å². The highest BCUT2D eigenvalue weighted by atomic mass is 16.2. The SMILES string of the molecule is O=C1CNC(=O)[C@H](CCCCc2ccccc2)N1. The van der Waals surface area contributed by atoms with E-state index in [4.69, 9.17) is 0 Å². The van der Waals surface area contributed by atoms with Gasteiger partial charge in [0, 0.05) is 0 Å². The molecular weight excluding hydrogens is 228 g/mol. The first kappa shape index (κ1) is 12.6. The molecule has 0 aromatic heterocycles. The third-order valence-corrected chi connectivity index (χ3v) is 3.13. The number of piperazine rings is 1. The van der Waals surface area contributed by atoms with Gasteiger partial charge >= 0.3 is 0 Å². The van der Waals surface area contributed by atoms with Crippen LogP contribution in [0.1, 0.15) is 24.8 Å². The average molecular weight is 246 g/mol. The quantitative estimate of drug-likeness (QED) is 0.762. The molecule has 1 heterocycles. The van der Waals surface area contributed by atoms with Crippen molar-refractivity contribution in [1.82, 2.24) is 10.6 Å². The van der Waals surface area contributed by atoms with Gasteiger partial charge in [-0.1, -0.05) is 36.8 Å². The van der Waals surface area contributed by atoms with Crippen molar-refractivity contribution in [2.75, 3.05) is 6.54 Å². The molecule has 1 aromatic carbocycles. The molecular formula is C14H18N2O2. The number of amides is 2. The second-order valence-electron chi connectivity index (χ2n) is 4.57. The zero-order chi connectivity index (χ0) is 12.8. The van der Waals surface area contributed by atoms with Crippen LogP contribution < -0.4 is 10.6 Å². The van der Waals surface area contributed by atoms with E-state index in [0.29, 0.717) is 6.42 Å². The van der Waals surface area contributed by atoms with Crippen molar-refractivity contribution < 1.29 is 9.59 Å². The van der Waals surface area contributed by atoms with Crippen LogP contribution in [0.2, 0.25) is 0 Å². The Balaban J connectivity index is 1.69. The average Bonchev–Trinajstić information content (AvgIpc) is 2.40. The fourth-order valence-electron chi connectivity index (χ4n) is 2.13. The van der Waals surface area contributed by atoms with Gasteiger partial charge in [-0.2, -0.15) is 0 Å². The number of hydrogen-bond donors (Lipinski definition) is 2. The number of carbonyl (C=O) groups is 2. The third-order valence-electron chi connectivity index (χ3n) is 3.13. The van der Waals surface area contributed by atoms with Crippen LogP contribution in [0.3, 0.4) is 0 Å². The fraction of sp³-hybridized carbons (Fsp3) is 0.429. The number of carbonyl (C=O) groups excluding carboxylic acids is 2. The van der Waals surface area contributed by atoms with Crippen LogP contribution in [-0.4, -0.2) is 24.4 Å². The van der Waals surface area contributed by atoms with Gasteiger partial charge in [0.15, 0.2) is 0 Å². The van der Waals surface area contributed by atoms with E-state index in [1.165, 1.54) is 5.56 Å². The molecule has 2 N–H and O–H groups in total. The third kappa shape index (κ3) is 3.58. The van der Waals surface area contributed by atoms with E-state index >= 15 is 0 Å². The number of rotatable bonds is 5. The molecule has 1 aromatic rings. The Morgan fingerprint density at radius 2 is 1.89 bits per heavy atom. The molecule has 2 amide bonds. The second kappa shape index (κ2) is 6.19. The van der Waals surface area contributed by atoms with E-state index in [9.17, 15) is 9.59 Å². The van der Waals surface area contributed by atoms with Crippen molar-refractivity contribution in [2.24, 2.45) is 0 Å². The van der Waals surface area contributed by atoms with Gasteiger partial charge in [-0.25, -0.2) is 0 Å². The Bertz CT molecular complexity index is 417. The highest BCUT2D eigenvalue weighted by Crippen LogP contribution is 2.08. The van der Waals surface area contributed by atoms with Gasteiger partial charge in [0.2, 0.25) is 11.8 Å². The lowest BCUT2D eigenvalue weighted by Gasteiger charge is -2.22. The minimum Gasteiger partial charge on any atom is -0.345 e. The molecule has 96 valence electrons. The Hall–Kier alpha value is -1.84. The Morgan fingerprint density at radius 3 is 2.67 bits per heavy atom. The summed E-state index contributed by atoms with van der Waals surface area (Å²) < 4.78 is 0. The summed E-state index contributed by atoms with van der Waals surface area (Å²) in [6, 6.07) is 9.94. The molecule has 18 heavy (non-hydrogen) atoms. The predicted octanol–water partition coefficient (Wildman–Crippen LogP) is 1.01. The van der Waals surface area contributed by atoms with Crippen LogP contribution in [0.5, 0.6) is 0 Å². The normalized spacial score (nSPS) is 19.2. The first-order valence-electron chi connectivity index (χ1n) is 6.37. The van der Waals surface area contributed by atoms with Crippen LogP contribution in [0.15, 0.2) is 30.3 Å². The number of unbranched alkanes of at least 4 members (excludes halogenated alkanes) is 1. The number of benzene rings is 1. The number of aryl methyl sites for hydroxylation is 1. The molecule has 0 spiro atoms. The largest absolute Gasteiger partial charge is 0.345 e. The van der Waals surface area contributed by atoms with Crippen LogP contribution >= 0.6 is 0 Å². The maximum absolute atomic E-state index is 11.5. The van der Waals surface area contributed by atoms with Crippen molar-refractivity contribution in [3.8, 4) is 0 Å². The van der Waals surface area contributed by atoms with Crippen LogP contribution in [0, 0.1) is 0 Å². The summed E-state index contributed by atoms with van der Waals surface area (Å²) in [7, 11) is 0. The first-order chi connectivity index (χ1) is 8.75. The Labute approximate surface area is 107 Å². The predicted molar refractivity (Wildman–Crippen MR) is 68.9 cm³/mol. The molecule has 2 rings (SSSR count). The maximum atomic E-state index is 11.5. The molecule has 4 nitrogen and oxygen atoms in total. The monoisotopic (exact) mass is 246 g/mol. The topological polar surface area (TPSA) is 58.2 Å².